The highest BCUT2D eigenvalue weighted by Crippen LogP contribution is 2.38. The number of hydrogen-bond donors (Lipinski definition) is 6. The molecule has 2 aliphatic rings. The zero-order chi connectivity index (χ0) is 14.4. The smallest absolute Gasteiger partial charge is 0.387 e. The Balaban J connectivity index is 2.13. The van der Waals surface area contributed by atoms with Gasteiger partial charge < -0.3 is 24.7 Å². The van der Waals surface area contributed by atoms with Crippen molar-refractivity contribution < 1.29 is 43.4 Å². The van der Waals surface area contributed by atoms with Crippen LogP contribution in [0.2, 0.25) is 0 Å². The van der Waals surface area contributed by atoms with Gasteiger partial charge in [-0.1, -0.05) is 0 Å². The Morgan fingerprint density at radius 2 is 2.00 bits per heavy atom. The van der Waals surface area contributed by atoms with Gasteiger partial charge in [0.15, 0.2) is 0 Å². The normalized spacial score (nSPS) is 38.6. The van der Waals surface area contributed by atoms with E-state index in [2.05, 4.69) is 4.52 Å². The molecule has 0 aromatic heterocycles. The first-order valence-electron chi connectivity index (χ1n) is 5.03. The van der Waals surface area contributed by atoms with E-state index in [0.29, 0.717) is 0 Å². The second kappa shape index (κ2) is 4.49. The van der Waals surface area contributed by atoms with Crippen molar-refractivity contribution in [2.75, 3.05) is 6.61 Å². The van der Waals surface area contributed by atoms with Gasteiger partial charge in [0.2, 0.25) is 0 Å². The minimum absolute atomic E-state index is 0.770. The third-order valence-corrected chi connectivity index (χ3v) is 3.21. The van der Waals surface area contributed by atoms with Crippen LogP contribution in [0.4, 0.5) is 4.79 Å². The van der Waals surface area contributed by atoms with Crippen molar-refractivity contribution in [2.45, 2.75) is 24.0 Å². The fourth-order valence-corrected chi connectivity index (χ4v) is 2.21. The van der Waals surface area contributed by atoms with E-state index in [0.717, 1.165) is 0 Å². The van der Waals surface area contributed by atoms with Crippen LogP contribution in [0.1, 0.15) is 0 Å². The summed E-state index contributed by atoms with van der Waals surface area (Å²) in [5.41, 5.74) is -2.18. The van der Waals surface area contributed by atoms with Gasteiger partial charge in [0, 0.05) is 0 Å². The summed E-state index contributed by atoms with van der Waals surface area (Å²) in [6.07, 6.45) is -4.87. The summed E-state index contributed by atoms with van der Waals surface area (Å²) >= 11 is 0. The van der Waals surface area contributed by atoms with Crippen molar-refractivity contribution in [1.82, 2.24) is 10.6 Å². The fraction of sp³-hybridized carbons (Fsp3) is 0.714. The van der Waals surface area contributed by atoms with Crippen molar-refractivity contribution in [2.24, 2.45) is 0 Å². The molecule has 0 aromatic carbocycles. The minimum atomic E-state index is -4.80. The maximum atomic E-state index is 11.5. The number of carbonyl (C=O) groups excluding carboxylic acids is 2. The van der Waals surface area contributed by atoms with E-state index in [1.54, 1.807) is 0 Å². The highest BCUT2D eigenvalue weighted by molar-refractivity contribution is 7.46. The molecule has 0 aromatic rings. The molecule has 2 heterocycles. The summed E-state index contributed by atoms with van der Waals surface area (Å²) in [4.78, 5) is 39.6. The number of phosphoric ester groups is 1. The first kappa shape index (κ1) is 14.3. The van der Waals surface area contributed by atoms with Gasteiger partial charge in [-0.25, -0.2) is 9.36 Å². The average molecular weight is 298 g/mol. The molecule has 0 unspecified atom stereocenters. The van der Waals surface area contributed by atoms with Crippen LogP contribution in [-0.4, -0.2) is 62.6 Å². The van der Waals surface area contributed by atoms with Gasteiger partial charge in [-0.05, 0) is 0 Å². The van der Waals surface area contributed by atoms with Gasteiger partial charge in [0.1, 0.15) is 18.3 Å². The molecule has 2 fully saturated rings. The van der Waals surface area contributed by atoms with Crippen LogP contribution in [0.15, 0.2) is 0 Å². The molecule has 0 aliphatic carbocycles. The number of phosphoric acid groups is 1. The van der Waals surface area contributed by atoms with Crippen molar-refractivity contribution in [1.29, 1.82) is 0 Å². The van der Waals surface area contributed by atoms with E-state index in [9.17, 15) is 24.4 Å². The number of urea groups is 1. The third kappa shape index (κ3) is 2.49. The number of rotatable bonds is 3. The Bertz CT molecular complexity index is 463. The molecule has 0 radical (unpaired) electrons. The molecule has 2 rings (SSSR count). The van der Waals surface area contributed by atoms with E-state index in [1.165, 1.54) is 0 Å². The monoisotopic (exact) mass is 298 g/mol. The van der Waals surface area contributed by atoms with E-state index in [-0.39, 0.29) is 0 Å². The predicted octanol–water partition coefficient (Wildman–Crippen LogP) is -3.25. The lowest BCUT2D eigenvalue weighted by Crippen LogP contribution is -2.56. The Labute approximate surface area is 105 Å². The number of imide groups is 1. The number of nitrogens with one attached hydrogen (secondary N) is 2. The second-order valence-electron chi connectivity index (χ2n) is 4.02. The largest absolute Gasteiger partial charge is 0.469 e. The molecule has 3 amide bonds. The molecule has 4 atom stereocenters. The van der Waals surface area contributed by atoms with E-state index < -0.39 is 50.4 Å². The van der Waals surface area contributed by atoms with Crippen LogP contribution < -0.4 is 10.6 Å². The SMILES string of the molecule is O=C1NC(=O)[C@@]2(N1)O[C@H](COP(=O)(O)O)[C@@H](O)[C@H]2O. The maximum Gasteiger partial charge on any atom is 0.469 e. The Morgan fingerprint density at radius 1 is 1.37 bits per heavy atom. The van der Waals surface area contributed by atoms with Crippen molar-refractivity contribution in [3.63, 3.8) is 0 Å². The van der Waals surface area contributed by atoms with E-state index in [4.69, 9.17) is 14.5 Å². The summed E-state index contributed by atoms with van der Waals surface area (Å²) in [5, 5.41) is 23.2. The van der Waals surface area contributed by atoms with Crippen LogP contribution in [0.3, 0.4) is 0 Å². The second-order valence-corrected chi connectivity index (χ2v) is 5.26. The molecule has 108 valence electrons. The van der Waals surface area contributed by atoms with Crippen LogP contribution in [-0.2, 0) is 18.6 Å². The quantitative estimate of drug-likeness (QED) is 0.231. The van der Waals surface area contributed by atoms with E-state index in [1.807, 2.05) is 10.6 Å². The van der Waals surface area contributed by atoms with Crippen molar-refractivity contribution >= 4 is 19.8 Å². The Kier molecular flexibility index (Phi) is 3.39. The highest BCUT2D eigenvalue weighted by atomic mass is 31.2. The number of ether oxygens (including phenoxy) is 1. The maximum absolute atomic E-state index is 11.5. The first-order chi connectivity index (χ1) is 8.66. The summed E-state index contributed by atoms with van der Waals surface area (Å²) < 4.78 is 19.7. The van der Waals surface area contributed by atoms with E-state index >= 15 is 0 Å². The molecule has 2 aliphatic heterocycles. The summed E-state index contributed by atoms with van der Waals surface area (Å²) in [5.74, 6) is -1.01. The number of aliphatic hydroxyl groups is 2. The van der Waals surface area contributed by atoms with Crippen LogP contribution in [0, 0.1) is 0 Å². The molecule has 2 saturated heterocycles. The van der Waals surface area contributed by atoms with Crippen LogP contribution in [0.5, 0.6) is 0 Å². The van der Waals surface area contributed by atoms with Crippen LogP contribution in [0.25, 0.3) is 0 Å². The lowest BCUT2D eigenvalue weighted by atomic mass is 10.0. The summed E-state index contributed by atoms with van der Waals surface area (Å²) in [6, 6.07) is -0.923. The molecule has 0 bridgehead atoms. The topological polar surface area (TPSA) is 175 Å². The fourth-order valence-electron chi connectivity index (χ4n) is 1.87. The Hall–Kier alpha value is -1.07. The third-order valence-electron chi connectivity index (χ3n) is 2.73. The molecule has 11 nitrogen and oxygen atoms in total. The summed E-state index contributed by atoms with van der Waals surface area (Å²) in [7, 11) is -4.80. The Morgan fingerprint density at radius 3 is 2.47 bits per heavy atom. The number of carbonyl (C=O) groups is 2. The first-order valence-corrected chi connectivity index (χ1v) is 6.56. The molecule has 12 heteroatoms. The zero-order valence-electron chi connectivity index (χ0n) is 9.22. The van der Waals surface area contributed by atoms with Crippen molar-refractivity contribution in [3.8, 4) is 0 Å². The molecule has 0 saturated carbocycles. The minimum Gasteiger partial charge on any atom is -0.387 e. The van der Waals surface area contributed by atoms with Gasteiger partial charge in [-0.15, -0.1) is 0 Å². The van der Waals surface area contributed by atoms with Gasteiger partial charge in [-0.3, -0.25) is 20.0 Å². The average Bonchev–Trinajstić information content (AvgIpc) is 2.68. The summed E-state index contributed by atoms with van der Waals surface area (Å²) in [6.45, 7) is -0.770. The van der Waals surface area contributed by atoms with Gasteiger partial charge in [0.25, 0.3) is 11.6 Å². The molecular weight excluding hydrogens is 287 g/mol. The lowest BCUT2D eigenvalue weighted by molar-refractivity contribution is -0.153. The molecule has 6 N–H and O–H groups in total. The van der Waals surface area contributed by atoms with Gasteiger partial charge >= 0.3 is 13.9 Å². The van der Waals surface area contributed by atoms with Crippen molar-refractivity contribution in [3.05, 3.63) is 0 Å². The predicted molar refractivity (Wildman–Crippen MR) is 54.3 cm³/mol. The molecule has 1 spiro atoms. The molecule has 19 heavy (non-hydrogen) atoms. The highest BCUT2D eigenvalue weighted by Gasteiger charge is 2.63. The zero-order valence-corrected chi connectivity index (χ0v) is 10.1. The number of amides is 3. The lowest BCUT2D eigenvalue weighted by Gasteiger charge is -2.23. The van der Waals surface area contributed by atoms with Gasteiger partial charge in [-0.2, -0.15) is 0 Å². The molecular formula is C7H11N2O9P. The number of hydrogen-bond acceptors (Lipinski definition) is 7. The van der Waals surface area contributed by atoms with Crippen LogP contribution >= 0.6 is 7.82 Å². The number of aliphatic hydroxyl groups excluding tert-OH is 2. The van der Waals surface area contributed by atoms with Gasteiger partial charge in [0.05, 0.1) is 6.61 Å². The standard InChI is InChI=1S/C7H11N2O9P/c10-3-2(1-17-19(14,15)16)18-7(4(3)11)5(12)8-6(13)9-7/h2-4,10-11H,1H2,(H2,14,15,16)(H2,8,9,12,13)/t2-,3-,4-,7+/m1/s1.